The van der Waals surface area contributed by atoms with Crippen LogP contribution in [0, 0.1) is 6.92 Å². The van der Waals surface area contributed by atoms with Crippen LogP contribution in [0.2, 0.25) is 0 Å². The van der Waals surface area contributed by atoms with Crippen molar-refractivity contribution in [3.05, 3.63) is 53.6 Å². The highest BCUT2D eigenvalue weighted by Gasteiger charge is 2.26. The van der Waals surface area contributed by atoms with E-state index in [2.05, 4.69) is 5.32 Å². The fraction of sp³-hybridized carbons (Fsp3) is 0.440. The predicted octanol–water partition coefficient (Wildman–Crippen LogP) is 3.21. The molecule has 0 saturated carbocycles. The van der Waals surface area contributed by atoms with Crippen LogP contribution < -0.4 is 10.1 Å². The van der Waals surface area contributed by atoms with E-state index in [1.807, 2.05) is 11.8 Å². The molecular formula is C25H33N3O5S. The second-order valence-electron chi connectivity index (χ2n) is 8.30. The van der Waals surface area contributed by atoms with E-state index in [-0.39, 0.29) is 23.9 Å². The van der Waals surface area contributed by atoms with Gasteiger partial charge in [0.1, 0.15) is 5.75 Å². The number of likely N-dealkylation sites (N-methyl/N-ethyl adjacent to an activating group) is 1. The van der Waals surface area contributed by atoms with Crippen LogP contribution in [-0.4, -0.2) is 62.2 Å². The Morgan fingerprint density at radius 1 is 1.06 bits per heavy atom. The van der Waals surface area contributed by atoms with Gasteiger partial charge in [-0.3, -0.25) is 9.59 Å². The summed E-state index contributed by atoms with van der Waals surface area (Å²) in [5.74, 6) is 0.310. The first-order chi connectivity index (χ1) is 16.2. The number of nitrogens with zero attached hydrogens (tertiary/aromatic N) is 2. The number of amides is 2. The fourth-order valence-corrected chi connectivity index (χ4v) is 5.43. The first kappa shape index (κ1) is 25.7. The molecule has 1 aliphatic heterocycles. The third-order valence-electron chi connectivity index (χ3n) is 5.81. The summed E-state index contributed by atoms with van der Waals surface area (Å²) in [6.07, 6.45) is 2.44. The first-order valence-corrected chi connectivity index (χ1v) is 13.1. The molecule has 0 unspecified atom stereocenters. The van der Waals surface area contributed by atoms with Crippen LogP contribution in [-0.2, 0) is 26.0 Å². The van der Waals surface area contributed by atoms with E-state index in [0.29, 0.717) is 30.0 Å². The van der Waals surface area contributed by atoms with Gasteiger partial charge >= 0.3 is 0 Å². The van der Waals surface area contributed by atoms with Crippen molar-refractivity contribution in [2.75, 3.05) is 38.1 Å². The Morgan fingerprint density at radius 3 is 2.32 bits per heavy atom. The van der Waals surface area contributed by atoms with Gasteiger partial charge in [-0.15, -0.1) is 0 Å². The van der Waals surface area contributed by atoms with E-state index in [9.17, 15) is 18.0 Å². The van der Waals surface area contributed by atoms with Crippen molar-refractivity contribution < 1.29 is 22.7 Å². The lowest BCUT2D eigenvalue weighted by Gasteiger charge is -2.21. The third-order valence-corrected chi connectivity index (χ3v) is 7.73. The van der Waals surface area contributed by atoms with E-state index in [4.69, 9.17) is 4.74 Å². The van der Waals surface area contributed by atoms with Crippen molar-refractivity contribution in [3.8, 4) is 5.75 Å². The first-order valence-electron chi connectivity index (χ1n) is 11.6. The van der Waals surface area contributed by atoms with E-state index in [0.717, 1.165) is 35.8 Å². The summed E-state index contributed by atoms with van der Waals surface area (Å²) >= 11 is 0. The Kier molecular flexibility index (Phi) is 8.68. The molecule has 3 rings (SSSR count). The van der Waals surface area contributed by atoms with Crippen molar-refractivity contribution in [2.24, 2.45) is 0 Å². The Morgan fingerprint density at radius 2 is 1.74 bits per heavy atom. The van der Waals surface area contributed by atoms with Gasteiger partial charge in [0.05, 0.1) is 24.5 Å². The number of sulfonamides is 1. The van der Waals surface area contributed by atoms with Crippen LogP contribution in [0.15, 0.2) is 47.4 Å². The minimum absolute atomic E-state index is 0.114. The molecule has 1 aliphatic rings. The minimum atomic E-state index is -3.85. The van der Waals surface area contributed by atoms with Crippen LogP contribution in [0.25, 0.3) is 0 Å². The molecule has 2 aromatic rings. The van der Waals surface area contributed by atoms with Gasteiger partial charge in [0.2, 0.25) is 21.8 Å². The number of anilines is 1. The zero-order chi connectivity index (χ0) is 24.7. The van der Waals surface area contributed by atoms with Crippen molar-refractivity contribution in [1.82, 2.24) is 9.21 Å². The molecule has 0 aliphatic carbocycles. The Hall–Kier alpha value is -2.91. The topological polar surface area (TPSA) is 96.0 Å². The number of hydrogen-bond acceptors (Lipinski definition) is 5. The van der Waals surface area contributed by atoms with Crippen molar-refractivity contribution in [3.63, 3.8) is 0 Å². The normalized spacial score (nSPS) is 13.8. The maximum Gasteiger partial charge on any atom is 0.243 e. The lowest BCUT2D eigenvalue weighted by Crippen LogP contribution is -2.37. The molecule has 2 aromatic carbocycles. The van der Waals surface area contributed by atoms with Crippen LogP contribution >= 0.6 is 0 Å². The zero-order valence-corrected chi connectivity index (χ0v) is 20.9. The summed E-state index contributed by atoms with van der Waals surface area (Å²) in [6.45, 7) is 7.32. The average molecular weight is 488 g/mol. The zero-order valence-electron chi connectivity index (χ0n) is 20.0. The molecule has 0 spiro atoms. The van der Waals surface area contributed by atoms with Gasteiger partial charge in [-0.25, -0.2) is 8.42 Å². The number of nitrogens with one attached hydrogen (secondary N) is 1. The largest absolute Gasteiger partial charge is 0.494 e. The van der Waals surface area contributed by atoms with Gasteiger partial charge in [-0.1, -0.05) is 19.1 Å². The molecule has 2 amide bonds. The van der Waals surface area contributed by atoms with E-state index >= 15 is 0 Å². The van der Waals surface area contributed by atoms with E-state index < -0.39 is 15.9 Å². The van der Waals surface area contributed by atoms with Gasteiger partial charge in [-0.05, 0) is 68.1 Å². The highest BCUT2D eigenvalue weighted by Crippen LogP contribution is 2.24. The van der Waals surface area contributed by atoms with Crippen molar-refractivity contribution >= 4 is 27.5 Å². The van der Waals surface area contributed by atoms with Crippen LogP contribution in [0.5, 0.6) is 5.75 Å². The van der Waals surface area contributed by atoms with Gasteiger partial charge < -0.3 is 15.0 Å². The molecular weight excluding hydrogens is 454 g/mol. The number of carbonyl (C=O) groups excluding carboxylic acids is 2. The molecule has 1 fully saturated rings. The molecule has 0 radical (unpaired) electrons. The van der Waals surface area contributed by atoms with Crippen LogP contribution in [0.1, 0.15) is 37.8 Å². The molecule has 1 N–H and O–H groups in total. The molecule has 0 aromatic heterocycles. The second-order valence-corrected chi connectivity index (χ2v) is 10.2. The van der Waals surface area contributed by atoms with E-state index in [1.165, 1.54) is 6.07 Å². The lowest BCUT2D eigenvalue weighted by molar-refractivity contribution is -0.129. The summed E-state index contributed by atoms with van der Waals surface area (Å²) in [6, 6.07) is 11.8. The Labute approximate surface area is 201 Å². The average Bonchev–Trinajstić information content (AvgIpc) is 3.35. The van der Waals surface area contributed by atoms with Crippen LogP contribution in [0.3, 0.4) is 0 Å². The molecule has 1 heterocycles. The highest BCUT2D eigenvalue weighted by molar-refractivity contribution is 7.89. The molecule has 34 heavy (non-hydrogen) atoms. The Balaban J connectivity index is 1.61. The fourth-order valence-electron chi connectivity index (χ4n) is 3.94. The summed E-state index contributed by atoms with van der Waals surface area (Å²) in [5, 5.41) is 2.74. The maximum absolute atomic E-state index is 13.1. The summed E-state index contributed by atoms with van der Waals surface area (Å²) in [7, 11) is -3.85. The van der Waals surface area contributed by atoms with Gasteiger partial charge in [0.15, 0.2) is 0 Å². The number of ether oxygens (including phenoxy) is 1. The number of hydrogen-bond donors (Lipinski definition) is 1. The van der Waals surface area contributed by atoms with Crippen molar-refractivity contribution in [2.45, 2.75) is 44.9 Å². The molecule has 9 heteroatoms. The monoisotopic (exact) mass is 487 g/mol. The number of likely N-dealkylation sites (tertiary alicyclic amines) is 1. The van der Waals surface area contributed by atoms with Gasteiger partial charge in [-0.2, -0.15) is 4.31 Å². The molecule has 1 saturated heterocycles. The van der Waals surface area contributed by atoms with E-state index in [1.54, 1.807) is 50.2 Å². The quantitative estimate of drug-likeness (QED) is 0.555. The van der Waals surface area contributed by atoms with Crippen molar-refractivity contribution in [1.29, 1.82) is 0 Å². The minimum Gasteiger partial charge on any atom is -0.494 e. The van der Waals surface area contributed by atoms with Gasteiger partial charge in [0, 0.05) is 25.3 Å². The molecule has 184 valence electrons. The van der Waals surface area contributed by atoms with Gasteiger partial charge in [0.25, 0.3) is 0 Å². The smallest absolute Gasteiger partial charge is 0.243 e. The lowest BCUT2D eigenvalue weighted by atomic mass is 10.1. The number of aryl methyl sites for hydroxylation is 1. The standard InChI is InChI=1S/C25H33N3O5S/c1-4-28(34(31,32)22-12-13-23(33-5-2)19(3)16-22)18-24(29)26-21-10-8-20(9-11-21)17-25(30)27-14-6-7-15-27/h8-13,16H,4-7,14-15,17-18H2,1-3H3,(H,26,29). The Bertz CT molecular complexity index is 1110. The number of carbonyl (C=O) groups is 2. The maximum atomic E-state index is 13.1. The third kappa shape index (κ3) is 6.36. The van der Waals surface area contributed by atoms with Crippen LogP contribution in [0.4, 0.5) is 5.69 Å². The molecule has 0 bridgehead atoms. The number of benzene rings is 2. The SMILES string of the molecule is CCOc1ccc(S(=O)(=O)N(CC)CC(=O)Nc2ccc(CC(=O)N3CCCC3)cc2)cc1C. The second kappa shape index (κ2) is 11.5. The summed E-state index contributed by atoms with van der Waals surface area (Å²) < 4.78 is 32.8. The molecule has 0 atom stereocenters. The predicted molar refractivity (Wildman–Crippen MR) is 131 cm³/mol. The summed E-state index contributed by atoms with van der Waals surface area (Å²) in [4.78, 5) is 26.9. The molecule has 8 nitrogen and oxygen atoms in total. The summed E-state index contributed by atoms with van der Waals surface area (Å²) in [5.41, 5.74) is 2.14. The highest BCUT2D eigenvalue weighted by atomic mass is 32.2. The number of rotatable bonds is 10.